The van der Waals surface area contributed by atoms with E-state index in [1.54, 1.807) is 11.8 Å². The fourth-order valence-corrected chi connectivity index (χ4v) is 2.95. The van der Waals surface area contributed by atoms with Crippen molar-refractivity contribution < 1.29 is 33.8 Å². The Morgan fingerprint density at radius 2 is 1.74 bits per heavy atom. The van der Waals surface area contributed by atoms with E-state index in [1.807, 2.05) is 0 Å². The lowest BCUT2D eigenvalue weighted by Gasteiger charge is -2.31. The zero-order chi connectivity index (χ0) is 20.4. The molecule has 0 bridgehead atoms. The number of hydrogen-bond acceptors (Lipinski definition) is 6. The first-order chi connectivity index (χ1) is 12.8. The minimum atomic E-state index is -1.20. The lowest BCUT2D eigenvalue weighted by atomic mass is 9.95. The molecule has 152 valence electrons. The van der Waals surface area contributed by atoms with E-state index in [9.17, 15) is 24.0 Å². The molecule has 0 aromatic rings. The van der Waals surface area contributed by atoms with Crippen molar-refractivity contribution >= 4 is 30.1 Å². The molecule has 4 amide bonds. The van der Waals surface area contributed by atoms with Gasteiger partial charge in [-0.2, -0.15) is 0 Å². The predicted octanol–water partition coefficient (Wildman–Crippen LogP) is -2.31. The normalized spacial score (nSPS) is 18.3. The highest BCUT2D eigenvalue weighted by Crippen LogP contribution is 2.24. The molecule has 0 saturated carbocycles. The highest BCUT2D eigenvalue weighted by molar-refractivity contribution is 5.89. The van der Waals surface area contributed by atoms with E-state index in [1.165, 1.54) is 7.11 Å². The number of nitrogens with one attached hydrogen (secondary N) is 3. The van der Waals surface area contributed by atoms with Gasteiger partial charge in [0, 0.05) is 13.7 Å². The lowest BCUT2D eigenvalue weighted by Crippen LogP contribution is -2.49. The number of hydrogen-bond donors (Lipinski definition) is 4. The van der Waals surface area contributed by atoms with Crippen LogP contribution < -0.4 is 16.0 Å². The van der Waals surface area contributed by atoms with Crippen molar-refractivity contribution in [2.24, 2.45) is 5.92 Å². The number of likely N-dealkylation sites (tertiary alicyclic amines) is 1. The average molecular weight is 386 g/mol. The maximum absolute atomic E-state index is 12.3. The van der Waals surface area contributed by atoms with Gasteiger partial charge in [0.1, 0.15) is 6.54 Å². The zero-order valence-electron chi connectivity index (χ0n) is 15.4. The van der Waals surface area contributed by atoms with Crippen LogP contribution in [0, 0.1) is 5.92 Å². The van der Waals surface area contributed by atoms with Gasteiger partial charge in [-0.25, -0.2) is 0 Å². The molecule has 11 heteroatoms. The van der Waals surface area contributed by atoms with Crippen LogP contribution in [0.25, 0.3) is 0 Å². The Bertz CT molecular complexity index is 569. The molecule has 0 aromatic heterocycles. The summed E-state index contributed by atoms with van der Waals surface area (Å²) in [6.45, 7) is 1.000. The number of ether oxygens (including phenoxy) is 1. The molecule has 3 atom stereocenters. The third-order valence-corrected chi connectivity index (χ3v) is 4.34. The van der Waals surface area contributed by atoms with Gasteiger partial charge in [-0.1, -0.05) is 6.92 Å². The molecule has 1 aliphatic heterocycles. The highest BCUT2D eigenvalue weighted by atomic mass is 16.5. The molecule has 4 N–H and O–H groups in total. The van der Waals surface area contributed by atoms with Gasteiger partial charge in [-0.15, -0.1) is 0 Å². The van der Waals surface area contributed by atoms with Crippen molar-refractivity contribution in [2.75, 3.05) is 33.3 Å². The summed E-state index contributed by atoms with van der Waals surface area (Å²) in [7, 11) is 1.47. The van der Waals surface area contributed by atoms with E-state index >= 15 is 0 Å². The van der Waals surface area contributed by atoms with Crippen LogP contribution in [-0.4, -0.2) is 85.5 Å². The number of rotatable bonds is 11. The summed E-state index contributed by atoms with van der Waals surface area (Å²) in [5, 5.41) is 15.3. The molecule has 27 heavy (non-hydrogen) atoms. The summed E-state index contributed by atoms with van der Waals surface area (Å²) in [5.41, 5.74) is 0. The number of methoxy groups -OCH3 is 1. The van der Waals surface area contributed by atoms with Crippen molar-refractivity contribution in [1.29, 1.82) is 0 Å². The van der Waals surface area contributed by atoms with E-state index in [0.29, 0.717) is 6.54 Å². The minimum Gasteiger partial charge on any atom is -0.480 e. The van der Waals surface area contributed by atoms with E-state index in [2.05, 4.69) is 16.0 Å². The molecule has 0 spiro atoms. The van der Waals surface area contributed by atoms with Crippen molar-refractivity contribution in [2.45, 2.75) is 31.9 Å². The molecule has 0 aromatic carbocycles. The van der Waals surface area contributed by atoms with Crippen molar-refractivity contribution in [3.8, 4) is 0 Å². The second-order valence-corrected chi connectivity index (χ2v) is 6.21. The van der Waals surface area contributed by atoms with Crippen LogP contribution in [-0.2, 0) is 28.7 Å². The Kier molecular flexibility index (Phi) is 9.20. The van der Waals surface area contributed by atoms with E-state index in [-0.39, 0.29) is 12.6 Å². The van der Waals surface area contributed by atoms with Gasteiger partial charge in [0.05, 0.1) is 31.2 Å². The molecule has 1 aliphatic rings. The van der Waals surface area contributed by atoms with Crippen LogP contribution in [0.3, 0.4) is 0 Å². The average Bonchev–Trinajstić information content (AvgIpc) is 3.11. The van der Waals surface area contributed by atoms with Gasteiger partial charge in [-0.3, -0.25) is 24.0 Å². The van der Waals surface area contributed by atoms with Gasteiger partial charge in [0.2, 0.25) is 24.1 Å². The van der Waals surface area contributed by atoms with E-state index < -0.39 is 48.8 Å². The maximum atomic E-state index is 12.3. The first-order valence-electron chi connectivity index (χ1n) is 8.56. The third kappa shape index (κ3) is 7.21. The highest BCUT2D eigenvalue weighted by Gasteiger charge is 2.37. The maximum Gasteiger partial charge on any atom is 0.322 e. The zero-order valence-corrected chi connectivity index (χ0v) is 15.4. The Morgan fingerprint density at radius 1 is 1.15 bits per heavy atom. The fourth-order valence-electron chi connectivity index (χ4n) is 2.95. The number of aliphatic carboxylic acids is 1. The molecule has 1 fully saturated rings. The van der Waals surface area contributed by atoms with Crippen LogP contribution >= 0.6 is 0 Å². The molecule has 0 radical (unpaired) electrons. The van der Waals surface area contributed by atoms with Crippen LogP contribution in [0.4, 0.5) is 0 Å². The fraction of sp³-hybridized carbons (Fsp3) is 0.688. The Morgan fingerprint density at radius 3 is 2.30 bits per heavy atom. The van der Waals surface area contributed by atoms with E-state index in [0.717, 1.165) is 19.3 Å². The van der Waals surface area contributed by atoms with E-state index in [4.69, 9.17) is 9.84 Å². The predicted molar refractivity (Wildman–Crippen MR) is 92.4 cm³/mol. The third-order valence-electron chi connectivity index (χ3n) is 4.34. The number of carboxylic acids is 1. The summed E-state index contributed by atoms with van der Waals surface area (Å²) in [6, 6.07) is -0.194. The SMILES string of the molecule is COC(C(C)C(=O)NCC(=O)NCC(=O)NCC(=O)O)C1CCCN1C=O. The van der Waals surface area contributed by atoms with Crippen molar-refractivity contribution in [1.82, 2.24) is 20.9 Å². The standard InChI is InChI=1S/C16H26N4O7/c1-10(15(27-2)11-4-3-5-20(11)9-21)16(26)19-7-13(23)17-6-12(22)18-8-14(24)25/h9-11,15H,3-8H2,1-2H3,(H,17,23)(H,18,22)(H,19,26)(H,24,25). The lowest BCUT2D eigenvalue weighted by molar-refractivity contribution is -0.138. The minimum absolute atomic E-state index is 0.194. The van der Waals surface area contributed by atoms with Crippen LogP contribution in [0.5, 0.6) is 0 Å². The van der Waals surface area contributed by atoms with Gasteiger partial charge < -0.3 is 30.7 Å². The van der Waals surface area contributed by atoms with Crippen LogP contribution in [0.2, 0.25) is 0 Å². The molecule has 11 nitrogen and oxygen atoms in total. The molecule has 1 heterocycles. The molecule has 1 saturated heterocycles. The quantitative estimate of drug-likeness (QED) is 0.291. The summed E-state index contributed by atoms with van der Waals surface area (Å²) in [5.74, 6) is -3.44. The number of carbonyl (C=O) groups excluding carboxylic acids is 4. The summed E-state index contributed by atoms with van der Waals surface area (Å²) < 4.78 is 5.42. The van der Waals surface area contributed by atoms with Crippen molar-refractivity contribution in [3.63, 3.8) is 0 Å². The summed E-state index contributed by atoms with van der Waals surface area (Å²) in [6.07, 6.45) is 1.82. The van der Waals surface area contributed by atoms with Gasteiger partial charge in [-0.05, 0) is 12.8 Å². The largest absolute Gasteiger partial charge is 0.480 e. The van der Waals surface area contributed by atoms with Crippen LogP contribution in [0.1, 0.15) is 19.8 Å². The number of carbonyl (C=O) groups is 5. The van der Waals surface area contributed by atoms with Gasteiger partial charge in [0.25, 0.3) is 0 Å². The first kappa shape index (κ1) is 22.4. The molecule has 3 unspecified atom stereocenters. The molecule has 1 rings (SSSR count). The summed E-state index contributed by atoms with van der Waals surface area (Å²) >= 11 is 0. The number of nitrogens with zero attached hydrogens (tertiary/aromatic N) is 1. The molecular weight excluding hydrogens is 360 g/mol. The first-order valence-corrected chi connectivity index (χ1v) is 8.56. The van der Waals surface area contributed by atoms with Crippen LogP contribution in [0.15, 0.2) is 0 Å². The topological polar surface area (TPSA) is 154 Å². The Balaban J connectivity index is 2.41. The molecule has 0 aliphatic carbocycles. The smallest absolute Gasteiger partial charge is 0.322 e. The second kappa shape index (κ2) is 11.1. The monoisotopic (exact) mass is 386 g/mol. The second-order valence-electron chi connectivity index (χ2n) is 6.21. The number of carboxylic acid groups (broad SMARTS) is 1. The summed E-state index contributed by atoms with van der Waals surface area (Å²) in [4.78, 5) is 58.3. The van der Waals surface area contributed by atoms with Gasteiger partial charge >= 0.3 is 5.97 Å². The Labute approximate surface area is 156 Å². The number of amides is 4. The molecular formula is C16H26N4O7. The van der Waals surface area contributed by atoms with Gasteiger partial charge in [0.15, 0.2) is 0 Å². The van der Waals surface area contributed by atoms with Crippen molar-refractivity contribution in [3.05, 3.63) is 0 Å². The Hall–Kier alpha value is -2.69.